The number of nitrogens with one attached hydrogen (secondary N) is 4. The smallest absolute Gasteiger partial charge is 0.407 e. The lowest BCUT2D eigenvalue weighted by Gasteiger charge is -2.28. The number of halogens is 1. The summed E-state index contributed by atoms with van der Waals surface area (Å²) in [6, 6.07) is -4.17. The van der Waals surface area contributed by atoms with Crippen molar-refractivity contribution in [2.45, 2.75) is 137 Å². The van der Waals surface area contributed by atoms with Gasteiger partial charge in [0.15, 0.2) is 0 Å². The Morgan fingerprint density at radius 3 is 1.70 bits per heavy atom. The standard InChI is InChI=1S/C31H57N5O9.ClH/c1-18(2)23(27(40)36-24(19(3)4)28(41)43-11)35-26(39)21(15-16-22(37)44-30(5,6)7)34-25(38)20(32)14-12-13-17-33-29(42)45-31(8,9)10;/h18-21,23-24H,12-17,32H2,1-11H3,(H,33,42)(H,34,38)(H,35,39)(H,36,40);1H/t20-,21-,23-,24-;/m0./s1. The van der Waals surface area contributed by atoms with Gasteiger partial charge < -0.3 is 41.2 Å². The molecule has 6 N–H and O–H groups in total. The van der Waals surface area contributed by atoms with Crippen molar-refractivity contribution in [2.75, 3.05) is 13.7 Å². The first-order valence-electron chi connectivity index (χ1n) is 15.5. The Labute approximate surface area is 280 Å². The van der Waals surface area contributed by atoms with Crippen LogP contribution >= 0.6 is 12.4 Å². The van der Waals surface area contributed by atoms with Gasteiger partial charge in [-0.15, -0.1) is 12.4 Å². The molecule has 0 aromatic carbocycles. The summed E-state index contributed by atoms with van der Waals surface area (Å²) in [4.78, 5) is 76.0. The maximum absolute atomic E-state index is 13.4. The number of esters is 2. The van der Waals surface area contributed by atoms with E-state index in [-0.39, 0.29) is 37.6 Å². The monoisotopic (exact) mass is 679 g/mol. The third-order valence-electron chi connectivity index (χ3n) is 6.30. The van der Waals surface area contributed by atoms with Crippen LogP contribution in [-0.2, 0) is 38.2 Å². The highest BCUT2D eigenvalue weighted by atomic mass is 35.5. The summed E-state index contributed by atoms with van der Waals surface area (Å²) in [5.41, 5.74) is 4.74. The summed E-state index contributed by atoms with van der Waals surface area (Å²) in [6.07, 6.45) is 0.480. The summed E-state index contributed by atoms with van der Waals surface area (Å²) in [7, 11) is 1.22. The average Bonchev–Trinajstić information content (AvgIpc) is 2.88. The number of alkyl carbamates (subject to hydrolysis) is 1. The number of amides is 4. The van der Waals surface area contributed by atoms with Crippen molar-refractivity contribution in [3.05, 3.63) is 0 Å². The molecule has 46 heavy (non-hydrogen) atoms. The third kappa shape index (κ3) is 19.4. The quantitative estimate of drug-likeness (QED) is 0.0863. The topological polar surface area (TPSA) is 204 Å². The Morgan fingerprint density at radius 1 is 0.696 bits per heavy atom. The van der Waals surface area contributed by atoms with Gasteiger partial charge in [0.1, 0.15) is 29.3 Å². The molecule has 0 radical (unpaired) electrons. The minimum Gasteiger partial charge on any atom is -0.467 e. The summed E-state index contributed by atoms with van der Waals surface area (Å²) >= 11 is 0. The first kappa shape index (κ1) is 45.0. The van der Waals surface area contributed by atoms with Crippen molar-refractivity contribution < 1.29 is 43.0 Å². The van der Waals surface area contributed by atoms with Gasteiger partial charge in [-0.2, -0.15) is 0 Å². The molecule has 0 aromatic rings. The van der Waals surface area contributed by atoms with Gasteiger partial charge >= 0.3 is 18.0 Å². The molecular weight excluding hydrogens is 622 g/mol. The van der Waals surface area contributed by atoms with Crippen LogP contribution < -0.4 is 27.0 Å². The van der Waals surface area contributed by atoms with Crippen molar-refractivity contribution in [3.8, 4) is 0 Å². The number of carbonyl (C=O) groups excluding carboxylic acids is 6. The minimum atomic E-state index is -1.21. The zero-order chi connectivity index (χ0) is 35.1. The van der Waals surface area contributed by atoms with E-state index in [4.69, 9.17) is 19.9 Å². The fourth-order valence-corrected chi connectivity index (χ4v) is 3.98. The third-order valence-corrected chi connectivity index (χ3v) is 6.30. The number of hydrogen-bond acceptors (Lipinski definition) is 10. The first-order chi connectivity index (χ1) is 20.6. The Morgan fingerprint density at radius 2 is 1.22 bits per heavy atom. The summed E-state index contributed by atoms with van der Waals surface area (Å²) < 4.78 is 15.3. The molecule has 14 nitrogen and oxygen atoms in total. The van der Waals surface area contributed by atoms with Gasteiger partial charge in [0, 0.05) is 13.0 Å². The predicted octanol–water partition coefficient (Wildman–Crippen LogP) is 2.49. The molecule has 268 valence electrons. The van der Waals surface area contributed by atoms with Crippen LogP contribution in [0.15, 0.2) is 0 Å². The van der Waals surface area contributed by atoms with Crippen molar-refractivity contribution >= 4 is 48.2 Å². The SMILES string of the molecule is COC(=O)[C@@H](NC(=O)[C@@H](NC(=O)[C@H](CCC(=O)OC(C)(C)C)NC(=O)[C@@H](N)CCCCNC(=O)OC(C)(C)C)C(C)C)C(C)C.Cl. The number of ether oxygens (including phenoxy) is 3. The molecule has 0 aliphatic carbocycles. The largest absolute Gasteiger partial charge is 0.467 e. The van der Waals surface area contributed by atoms with Gasteiger partial charge in [0.25, 0.3) is 0 Å². The molecule has 0 saturated carbocycles. The second-order valence-electron chi connectivity index (χ2n) is 13.7. The fourth-order valence-electron chi connectivity index (χ4n) is 3.98. The molecule has 0 spiro atoms. The van der Waals surface area contributed by atoms with Gasteiger partial charge in [0.05, 0.1) is 13.2 Å². The molecule has 0 fully saturated rings. The lowest BCUT2D eigenvalue weighted by Crippen LogP contribution is -2.59. The normalized spacial score (nSPS) is 14.1. The summed E-state index contributed by atoms with van der Waals surface area (Å²) in [5.74, 6) is -3.77. The number of carbonyl (C=O) groups is 6. The molecule has 4 amide bonds. The Balaban J connectivity index is 0. The van der Waals surface area contributed by atoms with Gasteiger partial charge in [-0.1, -0.05) is 27.7 Å². The molecule has 0 bridgehead atoms. The second-order valence-corrected chi connectivity index (χ2v) is 13.7. The molecule has 0 aliphatic heterocycles. The first-order valence-corrected chi connectivity index (χ1v) is 15.5. The molecule has 4 atom stereocenters. The van der Waals surface area contributed by atoms with Crippen molar-refractivity contribution in [1.29, 1.82) is 0 Å². The molecule has 0 aliphatic rings. The lowest BCUT2D eigenvalue weighted by molar-refractivity contribution is -0.155. The summed E-state index contributed by atoms with van der Waals surface area (Å²) in [5, 5.41) is 10.5. The van der Waals surface area contributed by atoms with Crippen LogP contribution in [0.4, 0.5) is 4.79 Å². The number of unbranched alkanes of at least 4 members (excludes halogenated alkanes) is 1. The highest BCUT2D eigenvalue weighted by Gasteiger charge is 2.33. The molecular formula is C31H58ClN5O9. The van der Waals surface area contributed by atoms with Crippen LogP contribution in [0.5, 0.6) is 0 Å². The zero-order valence-corrected chi connectivity index (χ0v) is 30.2. The Kier molecular flexibility index (Phi) is 20.4. The van der Waals surface area contributed by atoms with Crippen LogP contribution in [0.3, 0.4) is 0 Å². The van der Waals surface area contributed by atoms with Crippen LogP contribution in [0, 0.1) is 11.8 Å². The maximum atomic E-state index is 13.4. The number of rotatable bonds is 17. The van der Waals surface area contributed by atoms with E-state index in [1.54, 1.807) is 69.2 Å². The van der Waals surface area contributed by atoms with Gasteiger partial charge in [-0.05, 0) is 79.1 Å². The van der Waals surface area contributed by atoms with Gasteiger partial charge in [-0.3, -0.25) is 19.2 Å². The fraction of sp³-hybridized carbons (Fsp3) is 0.806. The van der Waals surface area contributed by atoms with E-state index in [0.29, 0.717) is 19.4 Å². The highest BCUT2D eigenvalue weighted by Crippen LogP contribution is 2.13. The van der Waals surface area contributed by atoms with Crippen LogP contribution in [-0.4, -0.2) is 84.8 Å². The number of nitrogens with two attached hydrogens (primary N) is 1. The zero-order valence-electron chi connectivity index (χ0n) is 29.4. The maximum Gasteiger partial charge on any atom is 0.407 e. The molecule has 0 rings (SSSR count). The van der Waals surface area contributed by atoms with Crippen molar-refractivity contribution in [2.24, 2.45) is 17.6 Å². The van der Waals surface area contributed by atoms with Crippen LogP contribution in [0.1, 0.15) is 101 Å². The Hall–Kier alpha value is -3.13. The lowest BCUT2D eigenvalue weighted by atomic mass is 9.99. The number of methoxy groups -OCH3 is 1. The van der Waals surface area contributed by atoms with Crippen molar-refractivity contribution in [3.63, 3.8) is 0 Å². The van der Waals surface area contributed by atoms with E-state index in [1.165, 1.54) is 7.11 Å². The van der Waals surface area contributed by atoms with Crippen LogP contribution in [0.25, 0.3) is 0 Å². The number of hydrogen-bond donors (Lipinski definition) is 5. The van der Waals surface area contributed by atoms with E-state index >= 15 is 0 Å². The minimum absolute atomic E-state index is 0. The molecule has 0 saturated heterocycles. The van der Waals surface area contributed by atoms with E-state index in [0.717, 1.165) is 0 Å². The predicted molar refractivity (Wildman–Crippen MR) is 176 cm³/mol. The molecule has 0 aromatic heterocycles. The van der Waals surface area contributed by atoms with E-state index in [1.807, 2.05) is 0 Å². The van der Waals surface area contributed by atoms with E-state index < -0.39 is 77.0 Å². The van der Waals surface area contributed by atoms with Gasteiger partial charge in [-0.25, -0.2) is 9.59 Å². The average molecular weight is 680 g/mol. The van der Waals surface area contributed by atoms with Gasteiger partial charge in [0.2, 0.25) is 17.7 Å². The highest BCUT2D eigenvalue weighted by molar-refractivity contribution is 5.94. The Bertz CT molecular complexity index is 1010. The summed E-state index contributed by atoms with van der Waals surface area (Å²) in [6.45, 7) is 17.7. The van der Waals surface area contributed by atoms with E-state index in [9.17, 15) is 28.8 Å². The van der Waals surface area contributed by atoms with Crippen molar-refractivity contribution in [1.82, 2.24) is 21.3 Å². The molecule has 0 unspecified atom stereocenters. The second kappa shape index (κ2) is 20.9. The van der Waals surface area contributed by atoms with Crippen LogP contribution in [0.2, 0.25) is 0 Å². The molecule has 15 heteroatoms. The van der Waals surface area contributed by atoms with E-state index in [2.05, 4.69) is 21.3 Å². The molecule has 0 heterocycles.